The Morgan fingerprint density at radius 2 is 1.95 bits per heavy atom. The zero-order valence-corrected chi connectivity index (χ0v) is 12.4. The number of hydrogen-bond acceptors (Lipinski definition) is 4. The van der Waals surface area contributed by atoms with Crippen molar-refractivity contribution in [2.75, 3.05) is 0 Å². The first-order chi connectivity index (χ1) is 9.15. The predicted molar refractivity (Wildman–Crippen MR) is 75.7 cm³/mol. The van der Waals surface area contributed by atoms with E-state index in [1.54, 1.807) is 0 Å². The predicted octanol–water partition coefficient (Wildman–Crippen LogP) is 3.80. The van der Waals surface area contributed by atoms with Crippen molar-refractivity contribution in [3.63, 3.8) is 0 Å². The Bertz CT molecular complexity index is 382. The fourth-order valence-electron chi connectivity index (χ4n) is 2.87. The molecule has 1 aliphatic rings. The van der Waals surface area contributed by atoms with Gasteiger partial charge in [0, 0.05) is 5.92 Å². The first-order valence-electron chi connectivity index (χ1n) is 7.74. The molecular formula is C15H27N3O. The Morgan fingerprint density at radius 1 is 1.26 bits per heavy atom. The van der Waals surface area contributed by atoms with E-state index in [0.717, 1.165) is 18.2 Å². The van der Waals surface area contributed by atoms with Gasteiger partial charge in [0.15, 0.2) is 5.82 Å². The summed E-state index contributed by atoms with van der Waals surface area (Å²) in [4.78, 5) is 4.55. The highest BCUT2D eigenvalue weighted by molar-refractivity contribution is 5.00. The Morgan fingerprint density at radius 3 is 2.53 bits per heavy atom. The number of rotatable bonds is 5. The fraction of sp³-hybridized carbons (Fsp3) is 0.867. The normalized spacial score (nSPS) is 27.2. The zero-order chi connectivity index (χ0) is 13.8. The van der Waals surface area contributed by atoms with Crippen LogP contribution in [0.4, 0.5) is 0 Å². The maximum atomic E-state index is 6.14. The SMILES string of the molecule is CCC1CCC(c2noc([C@@H](N)[C@@H](C)CC)n2)CC1. The van der Waals surface area contributed by atoms with E-state index >= 15 is 0 Å². The molecule has 1 fully saturated rings. The Kier molecular flexibility index (Phi) is 4.97. The molecule has 0 unspecified atom stereocenters. The second-order valence-electron chi connectivity index (χ2n) is 6.03. The standard InChI is InChI=1S/C15H27N3O/c1-4-10(3)13(16)15-17-14(18-19-15)12-8-6-11(5-2)7-9-12/h10-13H,4-9,16H2,1-3H3/t10-,11?,12?,13-/m0/s1. The maximum Gasteiger partial charge on any atom is 0.243 e. The van der Waals surface area contributed by atoms with Gasteiger partial charge >= 0.3 is 0 Å². The topological polar surface area (TPSA) is 64.9 Å². The van der Waals surface area contributed by atoms with Crippen molar-refractivity contribution < 1.29 is 4.52 Å². The lowest BCUT2D eigenvalue weighted by molar-refractivity contribution is 0.293. The van der Waals surface area contributed by atoms with Crippen LogP contribution in [0.15, 0.2) is 4.52 Å². The second kappa shape index (κ2) is 6.51. The van der Waals surface area contributed by atoms with Gasteiger partial charge in [0.2, 0.25) is 5.89 Å². The van der Waals surface area contributed by atoms with Crippen LogP contribution in [-0.4, -0.2) is 10.1 Å². The number of nitrogens with two attached hydrogens (primary N) is 1. The van der Waals surface area contributed by atoms with Gasteiger partial charge in [0.05, 0.1) is 6.04 Å². The van der Waals surface area contributed by atoms with Crippen LogP contribution < -0.4 is 5.73 Å². The molecule has 1 heterocycles. The molecule has 2 atom stereocenters. The third-order valence-electron chi connectivity index (χ3n) is 4.79. The van der Waals surface area contributed by atoms with E-state index in [4.69, 9.17) is 10.3 Å². The molecule has 1 saturated carbocycles. The number of aromatic nitrogens is 2. The highest BCUT2D eigenvalue weighted by atomic mass is 16.5. The minimum Gasteiger partial charge on any atom is -0.338 e. The molecule has 1 aromatic rings. The van der Waals surface area contributed by atoms with Crippen molar-refractivity contribution >= 4 is 0 Å². The lowest BCUT2D eigenvalue weighted by Crippen LogP contribution is -2.19. The van der Waals surface area contributed by atoms with Crippen LogP contribution in [-0.2, 0) is 0 Å². The molecule has 1 aromatic heterocycles. The van der Waals surface area contributed by atoms with E-state index in [1.165, 1.54) is 32.1 Å². The summed E-state index contributed by atoms with van der Waals surface area (Å²) in [5.74, 6) is 3.24. The quantitative estimate of drug-likeness (QED) is 0.879. The summed E-state index contributed by atoms with van der Waals surface area (Å²) in [7, 11) is 0. The largest absolute Gasteiger partial charge is 0.338 e. The van der Waals surface area contributed by atoms with Crippen LogP contribution >= 0.6 is 0 Å². The van der Waals surface area contributed by atoms with Crippen LogP contribution in [0.2, 0.25) is 0 Å². The van der Waals surface area contributed by atoms with Crippen LogP contribution in [0.3, 0.4) is 0 Å². The molecule has 4 heteroatoms. The van der Waals surface area contributed by atoms with Crippen LogP contribution in [0.1, 0.15) is 83.0 Å². The summed E-state index contributed by atoms with van der Waals surface area (Å²) in [6.07, 6.45) is 7.29. The van der Waals surface area contributed by atoms with Crippen molar-refractivity contribution in [2.24, 2.45) is 17.6 Å². The summed E-state index contributed by atoms with van der Waals surface area (Å²) in [6.45, 7) is 6.54. The molecular weight excluding hydrogens is 238 g/mol. The highest BCUT2D eigenvalue weighted by Gasteiger charge is 2.27. The first kappa shape index (κ1) is 14.5. The van der Waals surface area contributed by atoms with Crippen molar-refractivity contribution in [2.45, 2.75) is 71.3 Å². The first-order valence-corrected chi connectivity index (χ1v) is 7.74. The Labute approximate surface area is 116 Å². The molecule has 4 nitrogen and oxygen atoms in total. The molecule has 19 heavy (non-hydrogen) atoms. The van der Waals surface area contributed by atoms with Crippen molar-refractivity contribution in [1.82, 2.24) is 10.1 Å². The summed E-state index contributed by atoms with van der Waals surface area (Å²) in [5.41, 5.74) is 6.14. The molecule has 0 aromatic carbocycles. The van der Waals surface area contributed by atoms with Gasteiger partial charge in [0.25, 0.3) is 0 Å². The monoisotopic (exact) mass is 265 g/mol. The van der Waals surface area contributed by atoms with Crippen molar-refractivity contribution in [1.29, 1.82) is 0 Å². The third kappa shape index (κ3) is 3.35. The molecule has 2 N–H and O–H groups in total. The molecule has 2 rings (SSSR count). The van der Waals surface area contributed by atoms with Gasteiger partial charge in [-0.3, -0.25) is 0 Å². The average molecular weight is 265 g/mol. The van der Waals surface area contributed by atoms with Crippen molar-refractivity contribution in [3.05, 3.63) is 11.7 Å². The van der Waals surface area contributed by atoms with E-state index < -0.39 is 0 Å². The molecule has 0 aliphatic heterocycles. The summed E-state index contributed by atoms with van der Waals surface area (Å²) in [5, 5.41) is 4.16. The zero-order valence-electron chi connectivity index (χ0n) is 12.4. The Hall–Kier alpha value is -0.900. The molecule has 108 valence electrons. The van der Waals surface area contributed by atoms with E-state index in [9.17, 15) is 0 Å². The summed E-state index contributed by atoms with van der Waals surface area (Å²) in [6, 6.07) is -0.127. The maximum absolute atomic E-state index is 6.14. The van der Waals surface area contributed by atoms with Crippen molar-refractivity contribution in [3.8, 4) is 0 Å². The average Bonchev–Trinajstić information content (AvgIpc) is 2.95. The third-order valence-corrected chi connectivity index (χ3v) is 4.79. The molecule has 0 radical (unpaired) electrons. The van der Waals surface area contributed by atoms with Crippen LogP contribution in [0, 0.1) is 11.8 Å². The fourth-order valence-corrected chi connectivity index (χ4v) is 2.87. The van der Waals surface area contributed by atoms with Gasteiger partial charge in [-0.2, -0.15) is 4.98 Å². The number of hydrogen-bond donors (Lipinski definition) is 1. The second-order valence-corrected chi connectivity index (χ2v) is 6.03. The molecule has 0 spiro atoms. The summed E-state index contributed by atoms with van der Waals surface area (Å²) < 4.78 is 5.37. The van der Waals surface area contributed by atoms with E-state index in [0.29, 0.717) is 17.7 Å². The molecule has 1 aliphatic carbocycles. The lowest BCUT2D eigenvalue weighted by atomic mass is 9.80. The highest BCUT2D eigenvalue weighted by Crippen LogP contribution is 2.36. The van der Waals surface area contributed by atoms with E-state index in [-0.39, 0.29) is 6.04 Å². The summed E-state index contributed by atoms with van der Waals surface area (Å²) >= 11 is 0. The molecule has 0 saturated heterocycles. The smallest absolute Gasteiger partial charge is 0.243 e. The minimum absolute atomic E-state index is 0.127. The van der Waals surface area contributed by atoms with Gasteiger partial charge in [-0.25, -0.2) is 0 Å². The van der Waals surface area contributed by atoms with E-state index in [2.05, 4.69) is 30.9 Å². The number of nitrogens with zero attached hydrogens (tertiary/aromatic N) is 2. The van der Waals surface area contributed by atoms with Gasteiger partial charge in [0.1, 0.15) is 0 Å². The van der Waals surface area contributed by atoms with Gasteiger partial charge in [-0.05, 0) is 37.5 Å². The lowest BCUT2D eigenvalue weighted by Gasteiger charge is -2.25. The van der Waals surface area contributed by atoms with Crippen LogP contribution in [0.25, 0.3) is 0 Å². The van der Waals surface area contributed by atoms with Gasteiger partial charge < -0.3 is 10.3 Å². The van der Waals surface area contributed by atoms with E-state index in [1.807, 2.05) is 0 Å². The molecule has 0 amide bonds. The molecule has 0 bridgehead atoms. The Balaban J connectivity index is 1.97. The van der Waals surface area contributed by atoms with Gasteiger partial charge in [-0.15, -0.1) is 0 Å². The minimum atomic E-state index is -0.127. The van der Waals surface area contributed by atoms with Crippen LogP contribution in [0.5, 0.6) is 0 Å². The van der Waals surface area contributed by atoms with Gasteiger partial charge in [-0.1, -0.05) is 38.8 Å².